The minimum absolute atomic E-state index is 0.0576. The first-order valence-corrected chi connectivity index (χ1v) is 8.02. The molecule has 0 bridgehead atoms. The first kappa shape index (κ1) is 26.4. The number of hydrogen-bond acceptors (Lipinski definition) is 4. The maximum absolute atomic E-state index is 12.8. The van der Waals surface area contributed by atoms with Crippen LogP contribution in [0.5, 0.6) is 0 Å². The Morgan fingerprint density at radius 2 is 1.48 bits per heavy atom. The van der Waals surface area contributed by atoms with Gasteiger partial charge in [0.1, 0.15) is 11.9 Å². The van der Waals surface area contributed by atoms with Crippen molar-refractivity contribution in [2.75, 3.05) is 0 Å². The lowest BCUT2D eigenvalue weighted by atomic mass is 10.1. The quantitative estimate of drug-likeness (QED) is 0.502. The third kappa shape index (κ3) is 17.7. The Morgan fingerprint density at radius 3 is 1.67 bits per heavy atom. The van der Waals surface area contributed by atoms with Crippen LogP contribution in [0.15, 0.2) is 18.2 Å². The highest BCUT2D eigenvalue weighted by molar-refractivity contribution is 5.65. The van der Waals surface area contributed by atoms with E-state index in [0.717, 1.165) is 0 Å². The molecule has 0 saturated heterocycles. The smallest absolute Gasteiger partial charge is 0.405 e. The topological polar surface area (TPSA) is 148 Å². The second kappa shape index (κ2) is 11.7. The Bertz CT molecular complexity index is 633. The molecule has 0 heterocycles. The summed E-state index contributed by atoms with van der Waals surface area (Å²) in [5.41, 5.74) is 5.36. The molecule has 6 N–H and O–H groups in total. The molecule has 0 atom stereocenters. The molecule has 0 aliphatic rings. The van der Waals surface area contributed by atoms with Crippen molar-refractivity contribution in [1.82, 2.24) is 10.6 Å². The Hall–Kier alpha value is -2.86. The standard InChI is InChI=1S/C8H7FN2.2C5H11NO2/c9-8-3-6(4-10)1-2-7(8)5-11;2*1-5(2,3)6-4(7)8/h1-3H,4,10H2;2*6H,1-3H3,(H,7,8). The largest absolute Gasteiger partial charge is 0.465 e. The van der Waals surface area contributed by atoms with Gasteiger partial charge in [0.05, 0.1) is 5.56 Å². The van der Waals surface area contributed by atoms with Crippen molar-refractivity contribution in [3.8, 4) is 6.07 Å². The van der Waals surface area contributed by atoms with Gasteiger partial charge in [-0.1, -0.05) is 6.07 Å². The van der Waals surface area contributed by atoms with Crippen LogP contribution in [0.3, 0.4) is 0 Å². The fourth-order valence-corrected chi connectivity index (χ4v) is 1.42. The summed E-state index contributed by atoms with van der Waals surface area (Å²) in [5, 5.41) is 29.2. The summed E-state index contributed by atoms with van der Waals surface area (Å²) < 4.78 is 12.8. The Labute approximate surface area is 159 Å². The normalized spacial score (nSPS) is 10.2. The van der Waals surface area contributed by atoms with E-state index < -0.39 is 18.0 Å². The highest BCUT2D eigenvalue weighted by Gasteiger charge is 2.11. The number of nitrogens with one attached hydrogen (secondary N) is 2. The summed E-state index contributed by atoms with van der Waals surface area (Å²) in [6.07, 6.45) is -1.95. The van der Waals surface area contributed by atoms with Crippen LogP contribution in [0.1, 0.15) is 52.7 Å². The Balaban J connectivity index is 0. The van der Waals surface area contributed by atoms with E-state index in [2.05, 4.69) is 10.6 Å². The number of nitrogens with zero attached hydrogens (tertiary/aromatic N) is 1. The third-order valence-electron chi connectivity index (χ3n) is 2.35. The maximum Gasteiger partial charge on any atom is 0.405 e. The fourth-order valence-electron chi connectivity index (χ4n) is 1.42. The molecule has 0 aliphatic heterocycles. The summed E-state index contributed by atoms with van der Waals surface area (Å²) in [4.78, 5) is 19.8. The number of carbonyl (C=O) groups is 2. The lowest BCUT2D eigenvalue weighted by Crippen LogP contribution is -2.39. The molecule has 0 saturated carbocycles. The molecular formula is C18H29FN4O4. The minimum atomic E-state index is -0.975. The summed E-state index contributed by atoms with van der Waals surface area (Å²) >= 11 is 0. The predicted octanol–water partition coefficient (Wildman–Crippen LogP) is 3.26. The molecule has 0 fully saturated rings. The van der Waals surface area contributed by atoms with Gasteiger partial charge < -0.3 is 26.6 Å². The van der Waals surface area contributed by atoms with Gasteiger partial charge in [-0.2, -0.15) is 5.26 Å². The molecule has 8 nitrogen and oxygen atoms in total. The molecule has 1 rings (SSSR count). The van der Waals surface area contributed by atoms with Gasteiger partial charge in [0.15, 0.2) is 0 Å². The molecule has 0 radical (unpaired) electrons. The second-order valence-corrected chi connectivity index (χ2v) is 7.49. The average Bonchev–Trinajstić information content (AvgIpc) is 2.43. The van der Waals surface area contributed by atoms with Gasteiger partial charge in [-0.15, -0.1) is 0 Å². The zero-order valence-corrected chi connectivity index (χ0v) is 16.6. The highest BCUT2D eigenvalue weighted by Crippen LogP contribution is 2.08. The number of amides is 2. The Morgan fingerprint density at radius 1 is 1.07 bits per heavy atom. The molecular weight excluding hydrogens is 355 g/mol. The van der Waals surface area contributed by atoms with E-state index in [-0.39, 0.29) is 16.6 Å². The lowest BCUT2D eigenvalue weighted by Gasteiger charge is -2.16. The molecule has 0 aliphatic carbocycles. The Kier molecular flexibility index (Phi) is 11.4. The van der Waals surface area contributed by atoms with Crippen LogP contribution in [-0.4, -0.2) is 33.5 Å². The van der Waals surface area contributed by atoms with Crippen LogP contribution >= 0.6 is 0 Å². The number of hydrogen-bond donors (Lipinski definition) is 5. The van der Waals surface area contributed by atoms with E-state index in [1.807, 2.05) is 0 Å². The summed E-state index contributed by atoms with van der Waals surface area (Å²) in [6, 6.07) is 6.08. The summed E-state index contributed by atoms with van der Waals surface area (Å²) in [5.74, 6) is -0.504. The van der Waals surface area contributed by atoms with E-state index >= 15 is 0 Å². The SMILES string of the molecule is CC(C)(C)NC(=O)O.CC(C)(C)NC(=O)O.N#Cc1ccc(CN)cc1F. The van der Waals surface area contributed by atoms with Crippen molar-refractivity contribution in [3.05, 3.63) is 35.1 Å². The van der Waals surface area contributed by atoms with Crippen LogP contribution < -0.4 is 16.4 Å². The molecule has 0 spiro atoms. The van der Waals surface area contributed by atoms with Gasteiger partial charge >= 0.3 is 12.2 Å². The number of benzene rings is 1. The molecule has 152 valence electrons. The molecule has 0 unspecified atom stereocenters. The van der Waals surface area contributed by atoms with Crippen LogP contribution in [0.2, 0.25) is 0 Å². The summed E-state index contributed by atoms with van der Waals surface area (Å²) in [7, 11) is 0. The second-order valence-electron chi connectivity index (χ2n) is 7.49. The molecule has 27 heavy (non-hydrogen) atoms. The van der Waals surface area contributed by atoms with Gasteiger partial charge in [0.25, 0.3) is 0 Å². The molecule has 1 aromatic rings. The first-order chi connectivity index (χ1) is 12.1. The van der Waals surface area contributed by atoms with Crippen molar-refractivity contribution in [3.63, 3.8) is 0 Å². The monoisotopic (exact) mass is 384 g/mol. The number of nitrogens with two attached hydrogens (primary N) is 1. The number of carboxylic acid groups (broad SMARTS) is 2. The molecule has 9 heteroatoms. The number of halogens is 1. The van der Waals surface area contributed by atoms with E-state index in [0.29, 0.717) is 12.1 Å². The van der Waals surface area contributed by atoms with E-state index in [1.54, 1.807) is 53.7 Å². The fraction of sp³-hybridized carbons (Fsp3) is 0.500. The molecule has 0 aromatic heterocycles. The van der Waals surface area contributed by atoms with Gasteiger partial charge in [-0.25, -0.2) is 14.0 Å². The van der Waals surface area contributed by atoms with E-state index in [4.69, 9.17) is 21.2 Å². The number of nitriles is 1. The molecule has 1 aromatic carbocycles. The van der Waals surface area contributed by atoms with Crippen LogP contribution in [-0.2, 0) is 6.54 Å². The first-order valence-electron chi connectivity index (χ1n) is 8.02. The third-order valence-corrected chi connectivity index (χ3v) is 2.35. The van der Waals surface area contributed by atoms with Gasteiger partial charge in [0, 0.05) is 17.6 Å². The van der Waals surface area contributed by atoms with Crippen LogP contribution in [0, 0.1) is 17.1 Å². The van der Waals surface area contributed by atoms with Crippen molar-refractivity contribution < 1.29 is 24.2 Å². The van der Waals surface area contributed by atoms with E-state index in [1.165, 1.54) is 12.1 Å². The van der Waals surface area contributed by atoms with Crippen molar-refractivity contribution in [2.24, 2.45) is 5.73 Å². The highest BCUT2D eigenvalue weighted by atomic mass is 19.1. The van der Waals surface area contributed by atoms with Gasteiger partial charge in [0.2, 0.25) is 0 Å². The maximum atomic E-state index is 12.8. The average molecular weight is 384 g/mol. The van der Waals surface area contributed by atoms with Crippen molar-refractivity contribution in [1.29, 1.82) is 5.26 Å². The number of rotatable bonds is 1. The van der Waals surface area contributed by atoms with Gasteiger partial charge in [-0.3, -0.25) is 0 Å². The van der Waals surface area contributed by atoms with Crippen molar-refractivity contribution >= 4 is 12.2 Å². The lowest BCUT2D eigenvalue weighted by molar-refractivity contribution is 0.183. The van der Waals surface area contributed by atoms with E-state index in [9.17, 15) is 14.0 Å². The van der Waals surface area contributed by atoms with Crippen molar-refractivity contribution in [2.45, 2.75) is 59.2 Å². The molecule has 2 amide bonds. The van der Waals surface area contributed by atoms with Gasteiger partial charge in [-0.05, 0) is 59.2 Å². The zero-order valence-electron chi connectivity index (χ0n) is 16.6. The minimum Gasteiger partial charge on any atom is -0.465 e. The zero-order chi connectivity index (χ0) is 21.8. The van der Waals surface area contributed by atoms with Crippen LogP contribution in [0.25, 0.3) is 0 Å². The summed E-state index contributed by atoms with van der Waals surface area (Å²) in [6.45, 7) is 11.1. The predicted molar refractivity (Wildman–Crippen MR) is 101 cm³/mol. The van der Waals surface area contributed by atoms with Crippen LogP contribution in [0.4, 0.5) is 14.0 Å².